The molecule has 1 aromatic heterocycles. The molecule has 0 saturated carbocycles. The second-order valence-electron chi connectivity index (χ2n) is 8.73. The predicted octanol–water partition coefficient (Wildman–Crippen LogP) is 6.65. The zero-order chi connectivity index (χ0) is 23.8. The molecule has 0 spiro atoms. The molecule has 0 radical (unpaired) electrons. The lowest BCUT2D eigenvalue weighted by Crippen LogP contribution is -2.16. The van der Waals surface area contributed by atoms with Crippen molar-refractivity contribution in [2.75, 3.05) is 5.32 Å². The van der Waals surface area contributed by atoms with Gasteiger partial charge >= 0.3 is 0 Å². The number of unbranched alkanes of at least 4 members (excludes halogenated alkanes) is 5. The number of hydrogen-bond donors (Lipinski definition) is 1. The van der Waals surface area contributed by atoms with Crippen molar-refractivity contribution in [2.24, 2.45) is 0 Å². The first-order chi connectivity index (χ1) is 15.9. The van der Waals surface area contributed by atoms with Gasteiger partial charge < -0.3 is 5.32 Å². The average Bonchev–Trinajstić information content (AvgIpc) is 3.09. The van der Waals surface area contributed by atoms with Crippen molar-refractivity contribution >= 4 is 17.5 Å². The Hall–Kier alpha value is -3.21. The Labute approximate surface area is 197 Å². The van der Waals surface area contributed by atoms with Crippen molar-refractivity contribution in [2.45, 2.75) is 72.6 Å². The maximum absolute atomic E-state index is 13.1. The van der Waals surface area contributed by atoms with Crippen LogP contribution in [0.25, 0.3) is 0 Å². The molecule has 5 nitrogen and oxygen atoms in total. The summed E-state index contributed by atoms with van der Waals surface area (Å²) in [5.74, 6) is -0.313. The van der Waals surface area contributed by atoms with Crippen LogP contribution < -0.4 is 5.32 Å². The largest absolute Gasteiger partial charge is 0.322 e. The van der Waals surface area contributed by atoms with Gasteiger partial charge in [0.1, 0.15) is 0 Å². The van der Waals surface area contributed by atoms with Crippen LogP contribution in [0, 0.1) is 20.8 Å². The third-order valence-electron chi connectivity index (χ3n) is 6.19. The molecule has 0 bridgehead atoms. The molecule has 3 aromatic rings. The number of aromatic nitrogens is 2. The van der Waals surface area contributed by atoms with E-state index in [0.717, 1.165) is 29.8 Å². The Kier molecular flexibility index (Phi) is 8.58. The fraction of sp³-hybridized carbons (Fsp3) is 0.393. The Morgan fingerprint density at radius 1 is 0.879 bits per heavy atom. The lowest BCUT2D eigenvalue weighted by Gasteiger charge is -2.09. The van der Waals surface area contributed by atoms with Gasteiger partial charge in [-0.15, -0.1) is 0 Å². The van der Waals surface area contributed by atoms with Crippen LogP contribution in [0.4, 0.5) is 5.69 Å². The Morgan fingerprint density at radius 2 is 1.55 bits per heavy atom. The number of carbonyl (C=O) groups is 2. The minimum Gasteiger partial charge on any atom is -0.322 e. The van der Waals surface area contributed by atoms with Gasteiger partial charge in [0.25, 0.3) is 11.8 Å². The minimum absolute atomic E-state index is 0.151. The molecular formula is C28H35N3O2. The van der Waals surface area contributed by atoms with Crippen LogP contribution in [0.5, 0.6) is 0 Å². The molecule has 0 aliphatic rings. The van der Waals surface area contributed by atoms with Crippen LogP contribution in [0.15, 0.2) is 48.5 Å². The predicted molar refractivity (Wildman–Crippen MR) is 134 cm³/mol. The minimum atomic E-state index is -0.162. The van der Waals surface area contributed by atoms with Crippen LogP contribution in [0.1, 0.15) is 88.7 Å². The van der Waals surface area contributed by atoms with E-state index in [4.69, 9.17) is 0 Å². The average molecular weight is 446 g/mol. The van der Waals surface area contributed by atoms with E-state index in [-0.39, 0.29) is 11.8 Å². The highest BCUT2D eigenvalue weighted by Gasteiger charge is 2.18. The van der Waals surface area contributed by atoms with Crippen LogP contribution in [-0.4, -0.2) is 21.6 Å². The summed E-state index contributed by atoms with van der Waals surface area (Å²) in [5, 5.41) is 7.43. The van der Waals surface area contributed by atoms with Gasteiger partial charge in [-0.2, -0.15) is 5.10 Å². The van der Waals surface area contributed by atoms with E-state index in [9.17, 15) is 9.59 Å². The molecule has 0 saturated heterocycles. The molecule has 2 aromatic carbocycles. The van der Waals surface area contributed by atoms with Crippen LogP contribution >= 0.6 is 0 Å². The van der Waals surface area contributed by atoms with E-state index in [1.165, 1.54) is 42.3 Å². The molecule has 3 rings (SSSR count). The number of benzene rings is 2. The van der Waals surface area contributed by atoms with Gasteiger partial charge in [-0.1, -0.05) is 57.2 Å². The first-order valence-corrected chi connectivity index (χ1v) is 12.0. The Bertz CT molecular complexity index is 1100. The quantitative estimate of drug-likeness (QED) is 0.355. The van der Waals surface area contributed by atoms with Gasteiger partial charge in [0.15, 0.2) is 0 Å². The van der Waals surface area contributed by atoms with E-state index in [0.29, 0.717) is 16.8 Å². The molecule has 1 heterocycles. The van der Waals surface area contributed by atoms with Gasteiger partial charge in [-0.05, 0) is 75.1 Å². The van der Waals surface area contributed by atoms with Gasteiger partial charge in [0.2, 0.25) is 0 Å². The van der Waals surface area contributed by atoms with Gasteiger partial charge in [-0.25, -0.2) is 4.68 Å². The van der Waals surface area contributed by atoms with Crippen molar-refractivity contribution in [1.29, 1.82) is 0 Å². The van der Waals surface area contributed by atoms with E-state index < -0.39 is 0 Å². The zero-order valence-electron chi connectivity index (χ0n) is 20.3. The number of anilines is 1. The third kappa shape index (κ3) is 6.19. The van der Waals surface area contributed by atoms with E-state index >= 15 is 0 Å². The summed E-state index contributed by atoms with van der Waals surface area (Å²) in [6.07, 6.45) is 8.43. The number of hydrogen-bond acceptors (Lipinski definition) is 3. The maximum Gasteiger partial charge on any atom is 0.278 e. The SMILES string of the molecule is CCCCCCCCc1c(C)nn(C(=O)c2ccc(NC(=O)c3ccccc3C)cc2)c1C. The summed E-state index contributed by atoms with van der Waals surface area (Å²) in [6, 6.07) is 14.4. The molecule has 0 atom stereocenters. The lowest BCUT2D eigenvalue weighted by molar-refractivity contribution is 0.0941. The van der Waals surface area contributed by atoms with Crippen molar-refractivity contribution in [3.8, 4) is 0 Å². The Morgan fingerprint density at radius 3 is 2.24 bits per heavy atom. The third-order valence-corrected chi connectivity index (χ3v) is 6.19. The molecule has 1 N–H and O–H groups in total. The number of rotatable bonds is 10. The molecule has 33 heavy (non-hydrogen) atoms. The summed E-state index contributed by atoms with van der Waals surface area (Å²) in [6.45, 7) is 8.09. The second kappa shape index (κ2) is 11.6. The molecule has 174 valence electrons. The highest BCUT2D eigenvalue weighted by atomic mass is 16.2. The van der Waals surface area contributed by atoms with Crippen LogP contribution in [0.3, 0.4) is 0 Å². The number of amides is 1. The van der Waals surface area contributed by atoms with E-state index in [1.54, 1.807) is 30.3 Å². The molecule has 1 amide bonds. The summed E-state index contributed by atoms with van der Waals surface area (Å²) in [5.41, 5.74) is 5.78. The van der Waals surface area contributed by atoms with E-state index in [1.807, 2.05) is 39.0 Å². The standard InChI is InChI=1S/C28H35N3O2/c1-5-6-7-8-9-10-15-26-21(3)30-31(22(26)4)28(33)23-16-18-24(19-17-23)29-27(32)25-14-12-11-13-20(25)2/h11-14,16-19H,5-10,15H2,1-4H3,(H,29,32). The highest BCUT2D eigenvalue weighted by Crippen LogP contribution is 2.20. The van der Waals surface area contributed by atoms with Crippen LogP contribution in [-0.2, 0) is 6.42 Å². The lowest BCUT2D eigenvalue weighted by atomic mass is 10.0. The number of carbonyl (C=O) groups excluding carboxylic acids is 2. The molecule has 0 fully saturated rings. The first-order valence-electron chi connectivity index (χ1n) is 12.0. The second-order valence-corrected chi connectivity index (χ2v) is 8.73. The monoisotopic (exact) mass is 445 g/mol. The van der Waals surface area contributed by atoms with E-state index in [2.05, 4.69) is 17.3 Å². The van der Waals surface area contributed by atoms with Gasteiger partial charge in [0, 0.05) is 22.5 Å². The fourth-order valence-electron chi connectivity index (χ4n) is 4.16. The fourth-order valence-corrected chi connectivity index (χ4v) is 4.16. The Balaban J connectivity index is 1.64. The summed E-state index contributed by atoms with van der Waals surface area (Å²) >= 11 is 0. The van der Waals surface area contributed by atoms with Crippen molar-refractivity contribution < 1.29 is 9.59 Å². The normalized spacial score (nSPS) is 10.9. The topological polar surface area (TPSA) is 64.0 Å². The molecule has 0 unspecified atom stereocenters. The number of nitrogens with one attached hydrogen (secondary N) is 1. The zero-order valence-corrected chi connectivity index (χ0v) is 20.3. The molecule has 5 heteroatoms. The number of nitrogens with zero attached hydrogens (tertiary/aromatic N) is 2. The summed E-state index contributed by atoms with van der Waals surface area (Å²) < 4.78 is 1.52. The highest BCUT2D eigenvalue weighted by molar-refractivity contribution is 6.05. The van der Waals surface area contributed by atoms with Crippen molar-refractivity contribution in [3.63, 3.8) is 0 Å². The molecular weight excluding hydrogens is 410 g/mol. The van der Waals surface area contributed by atoms with Crippen molar-refractivity contribution in [1.82, 2.24) is 9.78 Å². The van der Waals surface area contributed by atoms with Gasteiger partial charge in [0.05, 0.1) is 5.69 Å². The number of aryl methyl sites for hydroxylation is 2. The summed E-state index contributed by atoms with van der Waals surface area (Å²) in [7, 11) is 0. The molecule has 0 aliphatic carbocycles. The maximum atomic E-state index is 13.1. The van der Waals surface area contributed by atoms with Gasteiger partial charge in [-0.3, -0.25) is 9.59 Å². The molecule has 0 aliphatic heterocycles. The van der Waals surface area contributed by atoms with Crippen molar-refractivity contribution in [3.05, 3.63) is 82.2 Å². The smallest absolute Gasteiger partial charge is 0.278 e. The summed E-state index contributed by atoms with van der Waals surface area (Å²) in [4.78, 5) is 25.6. The van der Waals surface area contributed by atoms with Crippen LogP contribution in [0.2, 0.25) is 0 Å². The first kappa shape index (κ1) is 24.4.